The van der Waals surface area contributed by atoms with Gasteiger partial charge in [-0.15, -0.1) is 0 Å². The first-order valence-electron chi connectivity index (χ1n) is 14.9. The van der Waals surface area contributed by atoms with E-state index in [2.05, 4.69) is 120 Å². The van der Waals surface area contributed by atoms with E-state index >= 15 is 0 Å². The number of nitriles is 1. The lowest BCUT2D eigenvalue weighted by Crippen LogP contribution is -1.96. The van der Waals surface area contributed by atoms with Crippen molar-refractivity contribution in [3.8, 4) is 56.8 Å². The Morgan fingerprint density at radius 3 is 1.71 bits per heavy atom. The van der Waals surface area contributed by atoms with Crippen molar-refractivity contribution >= 4 is 21.8 Å². The van der Waals surface area contributed by atoms with Gasteiger partial charge in [-0.05, 0) is 59.7 Å². The predicted octanol–water partition coefficient (Wildman–Crippen LogP) is 10.1. The normalized spacial score (nSPS) is 11.1. The maximum Gasteiger partial charge on any atom is 0.160 e. The van der Waals surface area contributed by atoms with Gasteiger partial charge >= 0.3 is 0 Å². The lowest BCUT2D eigenvalue weighted by atomic mass is 10.0. The van der Waals surface area contributed by atoms with E-state index in [0.717, 1.165) is 50.4 Å². The highest BCUT2D eigenvalue weighted by atomic mass is 15.0. The highest BCUT2D eigenvalue weighted by Crippen LogP contribution is 2.36. The first-order chi connectivity index (χ1) is 22.2. The number of hydrogen-bond donors (Lipinski definition) is 0. The molecule has 0 amide bonds. The van der Waals surface area contributed by atoms with Crippen molar-refractivity contribution < 1.29 is 0 Å². The molecule has 0 aliphatic rings. The number of aromatic nitrogens is 3. The van der Waals surface area contributed by atoms with Crippen LogP contribution in [-0.2, 0) is 0 Å². The first kappa shape index (κ1) is 26.3. The maximum atomic E-state index is 9.15. The molecule has 0 atom stereocenters. The van der Waals surface area contributed by atoms with Crippen molar-refractivity contribution in [3.63, 3.8) is 0 Å². The van der Waals surface area contributed by atoms with Crippen LogP contribution in [0.25, 0.3) is 72.5 Å². The van der Waals surface area contributed by atoms with E-state index in [4.69, 9.17) is 15.2 Å². The van der Waals surface area contributed by atoms with Crippen LogP contribution in [0.15, 0.2) is 158 Å². The van der Waals surface area contributed by atoms with Gasteiger partial charge in [-0.1, -0.05) is 109 Å². The molecular formula is C41H26N4. The van der Waals surface area contributed by atoms with Crippen LogP contribution in [-0.4, -0.2) is 14.5 Å². The Morgan fingerprint density at radius 2 is 1.00 bits per heavy atom. The predicted molar refractivity (Wildman–Crippen MR) is 183 cm³/mol. The zero-order chi connectivity index (χ0) is 30.2. The standard InChI is InChI=1S/C41H26N4/c42-27-28-15-17-29(18-16-28)30-19-21-32(22-20-30)41-43-37(31-9-3-1-4-10-31)26-38(44-41)33-23-24-40-36(25-33)35-13-7-8-14-39(35)45(40)34-11-5-2-6-12-34/h1-26H. The van der Waals surface area contributed by atoms with Crippen LogP contribution < -0.4 is 0 Å². The molecule has 45 heavy (non-hydrogen) atoms. The Kier molecular flexibility index (Phi) is 6.48. The lowest BCUT2D eigenvalue weighted by molar-refractivity contribution is 1.18. The zero-order valence-electron chi connectivity index (χ0n) is 24.3. The first-order valence-corrected chi connectivity index (χ1v) is 14.9. The Labute approximate surface area is 261 Å². The fourth-order valence-electron chi connectivity index (χ4n) is 6.02. The number of fused-ring (bicyclic) bond motifs is 3. The van der Waals surface area contributed by atoms with E-state index in [0.29, 0.717) is 11.4 Å². The number of rotatable bonds is 5. The molecule has 0 saturated heterocycles. The van der Waals surface area contributed by atoms with E-state index in [-0.39, 0.29) is 0 Å². The Bertz CT molecular complexity index is 2350. The van der Waals surface area contributed by atoms with Crippen LogP contribution in [0.5, 0.6) is 0 Å². The molecule has 0 aliphatic carbocycles. The van der Waals surface area contributed by atoms with Crippen LogP contribution in [0.4, 0.5) is 0 Å². The van der Waals surface area contributed by atoms with Crippen molar-refractivity contribution in [2.75, 3.05) is 0 Å². The van der Waals surface area contributed by atoms with Crippen LogP contribution in [0.2, 0.25) is 0 Å². The molecule has 4 nitrogen and oxygen atoms in total. The van der Waals surface area contributed by atoms with Crippen LogP contribution >= 0.6 is 0 Å². The maximum absolute atomic E-state index is 9.15. The van der Waals surface area contributed by atoms with Crippen molar-refractivity contribution in [1.82, 2.24) is 14.5 Å². The quantitative estimate of drug-likeness (QED) is 0.205. The van der Waals surface area contributed by atoms with Gasteiger partial charge in [0.15, 0.2) is 5.82 Å². The van der Waals surface area contributed by atoms with Gasteiger partial charge in [0.25, 0.3) is 0 Å². The molecule has 210 valence electrons. The van der Waals surface area contributed by atoms with Gasteiger partial charge in [0.2, 0.25) is 0 Å². The molecule has 0 fully saturated rings. The number of benzene rings is 6. The fraction of sp³-hybridized carbons (Fsp3) is 0. The number of nitrogens with zero attached hydrogens (tertiary/aromatic N) is 4. The van der Waals surface area contributed by atoms with E-state index in [1.807, 2.05) is 48.5 Å². The molecule has 8 rings (SSSR count). The van der Waals surface area contributed by atoms with Crippen LogP contribution in [0, 0.1) is 11.3 Å². The van der Waals surface area contributed by atoms with E-state index in [1.54, 1.807) is 0 Å². The highest BCUT2D eigenvalue weighted by molar-refractivity contribution is 6.10. The Balaban J connectivity index is 1.27. The monoisotopic (exact) mass is 574 g/mol. The summed E-state index contributed by atoms with van der Waals surface area (Å²) in [5.41, 5.74) is 11.0. The second kappa shape index (κ2) is 11.1. The SMILES string of the molecule is N#Cc1ccc(-c2ccc(-c3nc(-c4ccccc4)cc(-c4ccc5c(c4)c4ccccc4n5-c4ccccc4)n3)cc2)cc1. The molecule has 0 N–H and O–H groups in total. The molecule has 2 aromatic heterocycles. The molecule has 0 saturated carbocycles. The number of hydrogen-bond acceptors (Lipinski definition) is 3. The topological polar surface area (TPSA) is 54.5 Å². The third-order valence-corrected chi connectivity index (χ3v) is 8.27. The van der Waals surface area contributed by atoms with Gasteiger partial charge in [-0.3, -0.25) is 0 Å². The summed E-state index contributed by atoms with van der Waals surface area (Å²) in [6.45, 7) is 0. The molecule has 0 bridgehead atoms. The summed E-state index contributed by atoms with van der Waals surface area (Å²) in [5, 5.41) is 11.5. The van der Waals surface area contributed by atoms with Crippen molar-refractivity contribution in [3.05, 3.63) is 163 Å². The van der Waals surface area contributed by atoms with Crippen molar-refractivity contribution in [2.45, 2.75) is 0 Å². The van der Waals surface area contributed by atoms with Gasteiger partial charge in [0, 0.05) is 33.2 Å². The fourth-order valence-corrected chi connectivity index (χ4v) is 6.02. The molecule has 0 aliphatic heterocycles. The van der Waals surface area contributed by atoms with Gasteiger partial charge in [-0.25, -0.2) is 9.97 Å². The summed E-state index contributed by atoms with van der Waals surface area (Å²) >= 11 is 0. The average molecular weight is 575 g/mol. The second-order valence-corrected chi connectivity index (χ2v) is 11.0. The Hall–Kier alpha value is -6.31. The average Bonchev–Trinajstić information content (AvgIpc) is 3.46. The third kappa shape index (κ3) is 4.83. The van der Waals surface area contributed by atoms with E-state index in [1.165, 1.54) is 16.3 Å². The molecule has 6 aromatic carbocycles. The summed E-state index contributed by atoms with van der Waals surface area (Å²) in [6.07, 6.45) is 0. The minimum absolute atomic E-state index is 0.650. The zero-order valence-corrected chi connectivity index (χ0v) is 24.3. The summed E-state index contributed by atoms with van der Waals surface area (Å²) in [7, 11) is 0. The van der Waals surface area contributed by atoms with Gasteiger partial charge in [0.1, 0.15) is 0 Å². The highest BCUT2D eigenvalue weighted by Gasteiger charge is 2.15. The van der Waals surface area contributed by atoms with Gasteiger partial charge in [0.05, 0.1) is 34.1 Å². The molecule has 8 aromatic rings. The summed E-state index contributed by atoms with van der Waals surface area (Å²) in [6, 6.07) is 56.1. The molecule has 4 heteroatoms. The van der Waals surface area contributed by atoms with Gasteiger partial charge in [-0.2, -0.15) is 5.26 Å². The minimum Gasteiger partial charge on any atom is -0.309 e. The minimum atomic E-state index is 0.650. The smallest absolute Gasteiger partial charge is 0.160 e. The largest absolute Gasteiger partial charge is 0.309 e. The molecule has 0 spiro atoms. The van der Waals surface area contributed by atoms with Crippen LogP contribution in [0.1, 0.15) is 5.56 Å². The van der Waals surface area contributed by atoms with E-state index < -0.39 is 0 Å². The molecule has 2 heterocycles. The summed E-state index contributed by atoms with van der Waals surface area (Å²) in [4.78, 5) is 10.2. The Morgan fingerprint density at radius 1 is 0.444 bits per heavy atom. The second-order valence-electron chi connectivity index (χ2n) is 11.0. The molecular weight excluding hydrogens is 548 g/mol. The molecule has 0 radical (unpaired) electrons. The van der Waals surface area contributed by atoms with E-state index in [9.17, 15) is 0 Å². The van der Waals surface area contributed by atoms with Crippen molar-refractivity contribution in [1.29, 1.82) is 5.26 Å². The van der Waals surface area contributed by atoms with Crippen molar-refractivity contribution in [2.24, 2.45) is 0 Å². The number of para-hydroxylation sites is 2. The summed E-state index contributed by atoms with van der Waals surface area (Å²) < 4.78 is 2.32. The lowest BCUT2D eigenvalue weighted by Gasteiger charge is -2.11. The van der Waals surface area contributed by atoms with Crippen LogP contribution in [0.3, 0.4) is 0 Å². The molecule has 0 unspecified atom stereocenters. The third-order valence-electron chi connectivity index (χ3n) is 8.27. The summed E-state index contributed by atoms with van der Waals surface area (Å²) in [5.74, 6) is 0.671. The van der Waals surface area contributed by atoms with Gasteiger partial charge < -0.3 is 4.57 Å².